The Morgan fingerprint density at radius 2 is 1.90 bits per heavy atom. The van der Waals surface area contributed by atoms with E-state index in [-0.39, 0.29) is 47.0 Å². The number of carbonyl (C=O) groups excluding carboxylic acids is 3. The number of amides is 3. The molecule has 0 saturated carbocycles. The van der Waals surface area contributed by atoms with Crippen LogP contribution in [0.3, 0.4) is 0 Å². The van der Waals surface area contributed by atoms with Crippen molar-refractivity contribution < 1.29 is 23.5 Å². The topological polar surface area (TPSA) is 87.7 Å². The number of carbonyl (C=O) groups is 3. The highest BCUT2D eigenvalue weighted by atomic mass is 79.9. The number of hydrogen-bond donors (Lipinski definition) is 2. The maximum atomic E-state index is 15.4. The molecule has 3 amide bonds. The Hall–Kier alpha value is -3.43. The molecule has 0 bridgehead atoms. The van der Waals surface area contributed by atoms with Crippen molar-refractivity contribution in [1.82, 2.24) is 10.2 Å². The molecular weight excluding hydrogens is 589 g/mol. The van der Waals surface area contributed by atoms with Crippen LogP contribution in [0.5, 0.6) is 0 Å². The summed E-state index contributed by atoms with van der Waals surface area (Å²) in [5, 5.41) is 5.32. The molecule has 0 aliphatic carbocycles. The van der Waals surface area contributed by atoms with Crippen LogP contribution in [0.2, 0.25) is 5.02 Å². The predicted octanol–water partition coefficient (Wildman–Crippen LogP) is 5.97. The molecular formula is C29H26BrClFN3O4. The SMILES string of the molecule is CC1CN(C(=O)C(NC(=O)Cc2ccc(Br)cc2)c2ccccc2)CC2(C1)OC(=O)Nc1ccc(Cl)c(F)c12. The first-order valence-corrected chi connectivity index (χ1v) is 13.7. The van der Waals surface area contributed by atoms with Gasteiger partial charge in [-0.15, -0.1) is 0 Å². The van der Waals surface area contributed by atoms with Crippen molar-refractivity contribution in [3.8, 4) is 0 Å². The Bertz CT molecular complexity index is 1420. The first-order valence-electron chi connectivity index (χ1n) is 12.5. The van der Waals surface area contributed by atoms with Gasteiger partial charge in [-0.1, -0.05) is 76.9 Å². The number of piperidine rings is 1. The lowest BCUT2D eigenvalue weighted by molar-refractivity contribution is -0.145. The molecule has 39 heavy (non-hydrogen) atoms. The molecule has 5 rings (SSSR count). The Balaban J connectivity index is 1.46. The van der Waals surface area contributed by atoms with E-state index in [2.05, 4.69) is 26.6 Å². The van der Waals surface area contributed by atoms with E-state index in [0.717, 1.165) is 10.0 Å². The Labute approximate surface area is 238 Å². The van der Waals surface area contributed by atoms with E-state index in [1.807, 2.05) is 37.3 Å². The van der Waals surface area contributed by atoms with Crippen LogP contribution in [0.15, 0.2) is 71.2 Å². The van der Waals surface area contributed by atoms with Crippen LogP contribution in [0.25, 0.3) is 0 Å². The van der Waals surface area contributed by atoms with Gasteiger partial charge in [-0.2, -0.15) is 0 Å². The summed E-state index contributed by atoms with van der Waals surface area (Å²) in [4.78, 5) is 41.2. The van der Waals surface area contributed by atoms with Gasteiger partial charge < -0.3 is 15.0 Å². The van der Waals surface area contributed by atoms with Crippen molar-refractivity contribution >= 4 is 51.1 Å². The average molecular weight is 615 g/mol. The summed E-state index contributed by atoms with van der Waals surface area (Å²) in [5.41, 5.74) is 0.358. The molecule has 0 radical (unpaired) electrons. The zero-order valence-electron chi connectivity index (χ0n) is 21.0. The zero-order chi connectivity index (χ0) is 27.7. The molecule has 3 unspecified atom stereocenters. The van der Waals surface area contributed by atoms with Crippen molar-refractivity contribution in [3.63, 3.8) is 0 Å². The van der Waals surface area contributed by atoms with E-state index in [0.29, 0.717) is 18.5 Å². The monoisotopic (exact) mass is 613 g/mol. The first-order chi connectivity index (χ1) is 18.6. The van der Waals surface area contributed by atoms with Gasteiger partial charge in [0, 0.05) is 11.0 Å². The molecule has 1 fully saturated rings. The van der Waals surface area contributed by atoms with E-state index in [1.165, 1.54) is 17.0 Å². The van der Waals surface area contributed by atoms with Crippen LogP contribution in [-0.2, 0) is 26.3 Å². The number of rotatable bonds is 5. The van der Waals surface area contributed by atoms with E-state index in [4.69, 9.17) is 16.3 Å². The van der Waals surface area contributed by atoms with Gasteiger partial charge >= 0.3 is 6.09 Å². The second kappa shape index (κ2) is 11.0. The van der Waals surface area contributed by atoms with Gasteiger partial charge in [0.25, 0.3) is 0 Å². The number of nitrogens with one attached hydrogen (secondary N) is 2. The molecule has 7 nitrogen and oxygen atoms in total. The van der Waals surface area contributed by atoms with E-state index >= 15 is 4.39 Å². The highest BCUT2D eigenvalue weighted by molar-refractivity contribution is 9.10. The molecule has 3 atom stereocenters. The Morgan fingerprint density at radius 3 is 2.62 bits per heavy atom. The predicted molar refractivity (Wildman–Crippen MR) is 149 cm³/mol. The lowest BCUT2D eigenvalue weighted by Gasteiger charge is -2.47. The first kappa shape index (κ1) is 27.1. The normalized spacial score (nSPS) is 21.0. The fraction of sp³-hybridized carbons (Fsp3) is 0.276. The standard InChI is InChI=1S/C29H26BrClFN3O4/c1-17-14-29(24-22(33-28(38)39-29)12-11-21(31)25(24)32)16-35(15-17)27(37)26(19-5-3-2-4-6-19)34-23(36)13-18-7-9-20(30)10-8-18/h2-12,17,26H,13-16H2,1H3,(H,33,38)(H,34,36). The molecule has 2 aliphatic rings. The Morgan fingerprint density at radius 1 is 1.18 bits per heavy atom. The summed E-state index contributed by atoms with van der Waals surface area (Å²) in [5.74, 6) is -1.54. The number of fused-ring (bicyclic) bond motifs is 2. The molecule has 2 aliphatic heterocycles. The van der Waals surface area contributed by atoms with Gasteiger partial charge in [-0.25, -0.2) is 9.18 Å². The summed E-state index contributed by atoms with van der Waals surface area (Å²) < 4.78 is 22.0. The van der Waals surface area contributed by atoms with Gasteiger partial charge in [-0.3, -0.25) is 14.9 Å². The molecule has 2 N–H and O–H groups in total. The lowest BCUT2D eigenvalue weighted by atomic mass is 9.79. The smallest absolute Gasteiger partial charge is 0.412 e. The van der Waals surface area contributed by atoms with Crippen LogP contribution < -0.4 is 10.6 Å². The van der Waals surface area contributed by atoms with Crippen LogP contribution in [-0.4, -0.2) is 35.9 Å². The second-order valence-electron chi connectivity index (χ2n) is 10.0. The third kappa shape index (κ3) is 5.65. The van der Waals surface area contributed by atoms with Crippen LogP contribution >= 0.6 is 27.5 Å². The molecule has 3 aromatic rings. The minimum atomic E-state index is -1.43. The van der Waals surface area contributed by atoms with E-state index in [9.17, 15) is 14.4 Å². The second-order valence-corrected chi connectivity index (χ2v) is 11.4. The van der Waals surface area contributed by atoms with E-state index < -0.39 is 23.6 Å². The van der Waals surface area contributed by atoms with Gasteiger partial charge in [0.15, 0.2) is 11.4 Å². The summed E-state index contributed by atoms with van der Waals surface area (Å²) in [6.45, 7) is 2.16. The van der Waals surface area contributed by atoms with Crippen molar-refractivity contribution in [1.29, 1.82) is 0 Å². The van der Waals surface area contributed by atoms with E-state index in [1.54, 1.807) is 24.3 Å². The molecule has 202 valence electrons. The average Bonchev–Trinajstić information content (AvgIpc) is 2.90. The van der Waals surface area contributed by atoms with Gasteiger partial charge in [0.2, 0.25) is 11.8 Å². The zero-order valence-corrected chi connectivity index (χ0v) is 23.4. The molecule has 10 heteroatoms. The number of likely N-dealkylation sites (tertiary alicyclic amines) is 1. The fourth-order valence-corrected chi connectivity index (χ4v) is 5.87. The summed E-state index contributed by atoms with van der Waals surface area (Å²) >= 11 is 9.50. The highest BCUT2D eigenvalue weighted by Gasteiger charge is 2.51. The minimum Gasteiger partial charge on any atom is -0.436 e. The molecule has 1 saturated heterocycles. The Kier molecular flexibility index (Phi) is 7.64. The maximum absolute atomic E-state index is 15.4. The molecule has 3 aromatic carbocycles. The van der Waals surface area contributed by atoms with Crippen molar-refractivity contribution in [2.75, 3.05) is 18.4 Å². The molecule has 1 spiro atoms. The largest absolute Gasteiger partial charge is 0.436 e. The van der Waals surface area contributed by atoms with Crippen LogP contribution in [0, 0.1) is 11.7 Å². The third-order valence-corrected chi connectivity index (χ3v) is 7.83. The number of nitrogens with zero attached hydrogens (tertiary/aromatic N) is 1. The van der Waals surface area contributed by atoms with Crippen LogP contribution in [0.1, 0.15) is 36.1 Å². The number of halogens is 3. The molecule has 0 aromatic heterocycles. The summed E-state index contributed by atoms with van der Waals surface area (Å²) in [6.07, 6.45) is -0.335. The summed E-state index contributed by atoms with van der Waals surface area (Å²) in [6, 6.07) is 18.2. The number of ether oxygens (including phenoxy) is 1. The third-order valence-electron chi connectivity index (χ3n) is 7.01. The molecule has 2 heterocycles. The maximum Gasteiger partial charge on any atom is 0.412 e. The summed E-state index contributed by atoms with van der Waals surface area (Å²) in [7, 11) is 0. The van der Waals surface area contributed by atoms with Gasteiger partial charge in [0.05, 0.1) is 29.2 Å². The highest BCUT2D eigenvalue weighted by Crippen LogP contribution is 2.46. The lowest BCUT2D eigenvalue weighted by Crippen LogP contribution is -2.57. The van der Waals surface area contributed by atoms with Crippen molar-refractivity contribution in [2.24, 2.45) is 5.92 Å². The van der Waals surface area contributed by atoms with Crippen LogP contribution in [0.4, 0.5) is 14.9 Å². The number of anilines is 1. The van der Waals surface area contributed by atoms with Gasteiger partial charge in [0.1, 0.15) is 6.04 Å². The number of hydrogen-bond acceptors (Lipinski definition) is 4. The fourth-order valence-electron chi connectivity index (χ4n) is 5.44. The minimum absolute atomic E-state index is 0.0836. The quantitative estimate of drug-likeness (QED) is 0.371. The van der Waals surface area contributed by atoms with Crippen molar-refractivity contribution in [2.45, 2.75) is 31.4 Å². The number of benzene rings is 3. The van der Waals surface area contributed by atoms with Crippen molar-refractivity contribution in [3.05, 3.63) is 98.7 Å². The van der Waals surface area contributed by atoms with Gasteiger partial charge in [-0.05, 0) is 47.7 Å².